The van der Waals surface area contributed by atoms with E-state index in [1.165, 1.54) is 43.4 Å². The molecule has 0 unspecified atom stereocenters. The van der Waals surface area contributed by atoms with Crippen LogP contribution in [0.4, 0.5) is 5.69 Å². The molecule has 0 heterocycles. The van der Waals surface area contributed by atoms with Crippen LogP contribution in [0.15, 0.2) is 41.3 Å². The van der Waals surface area contributed by atoms with Crippen LogP contribution in [0.25, 0.3) is 0 Å². The lowest BCUT2D eigenvalue weighted by Crippen LogP contribution is -2.27. The zero-order valence-electron chi connectivity index (χ0n) is 13.3. The summed E-state index contributed by atoms with van der Waals surface area (Å²) in [7, 11) is -2.65. The van der Waals surface area contributed by atoms with E-state index in [-0.39, 0.29) is 37.8 Å². The molecule has 25 heavy (non-hydrogen) atoms. The van der Waals surface area contributed by atoms with Crippen molar-refractivity contribution in [3.05, 3.63) is 57.0 Å². The summed E-state index contributed by atoms with van der Waals surface area (Å²) in [5, 5.41) is 0.435. The molecule has 0 saturated heterocycles. The van der Waals surface area contributed by atoms with Crippen molar-refractivity contribution in [2.24, 2.45) is 0 Å². The average Bonchev–Trinajstić information content (AvgIpc) is 2.56. The third-order valence-electron chi connectivity index (χ3n) is 3.34. The molecular formula is C16H14Cl3NO4S. The Balaban J connectivity index is 2.49. The molecule has 0 radical (unpaired) electrons. The first-order chi connectivity index (χ1) is 11.7. The van der Waals surface area contributed by atoms with E-state index in [1.807, 2.05) is 0 Å². The van der Waals surface area contributed by atoms with Gasteiger partial charge in [0.25, 0.3) is 10.0 Å². The maximum Gasteiger partial charge on any atom is 0.339 e. The summed E-state index contributed by atoms with van der Waals surface area (Å²) in [4.78, 5) is 11.8. The van der Waals surface area contributed by atoms with E-state index >= 15 is 0 Å². The van der Waals surface area contributed by atoms with Gasteiger partial charge in [0.05, 0.1) is 27.9 Å². The number of carbonyl (C=O) groups excluding carboxylic acids is 1. The number of carbonyl (C=O) groups is 1. The minimum absolute atomic E-state index is 0.0378. The topological polar surface area (TPSA) is 63.7 Å². The highest BCUT2D eigenvalue weighted by Crippen LogP contribution is 2.31. The Morgan fingerprint density at radius 2 is 1.72 bits per heavy atom. The molecule has 0 aromatic heterocycles. The summed E-state index contributed by atoms with van der Waals surface area (Å²) in [6.45, 7) is 1.83. The van der Waals surface area contributed by atoms with Crippen molar-refractivity contribution in [1.29, 1.82) is 0 Å². The SMILES string of the molecule is CCOC(=O)c1cc(N(C)S(=O)(=O)c2cc(Cl)ccc2Cl)ccc1Cl. The van der Waals surface area contributed by atoms with Gasteiger partial charge in [-0.15, -0.1) is 0 Å². The minimum Gasteiger partial charge on any atom is -0.462 e. The first-order valence-electron chi connectivity index (χ1n) is 7.09. The number of sulfonamides is 1. The molecule has 0 aliphatic carbocycles. The number of hydrogen-bond donors (Lipinski definition) is 0. The van der Waals surface area contributed by atoms with Crippen molar-refractivity contribution in [1.82, 2.24) is 0 Å². The van der Waals surface area contributed by atoms with Gasteiger partial charge in [0, 0.05) is 12.1 Å². The number of anilines is 1. The average molecular weight is 423 g/mol. The second-order valence-electron chi connectivity index (χ2n) is 4.93. The highest BCUT2D eigenvalue weighted by Gasteiger charge is 2.25. The van der Waals surface area contributed by atoms with Gasteiger partial charge in [0.2, 0.25) is 0 Å². The summed E-state index contributed by atoms with van der Waals surface area (Å²) in [5.41, 5.74) is 0.295. The van der Waals surface area contributed by atoms with Gasteiger partial charge in [-0.05, 0) is 43.3 Å². The monoisotopic (exact) mass is 421 g/mol. The molecule has 0 spiro atoms. The Morgan fingerprint density at radius 1 is 1.08 bits per heavy atom. The van der Waals surface area contributed by atoms with Crippen LogP contribution in [0.5, 0.6) is 0 Å². The Kier molecular flexibility index (Phi) is 6.21. The second-order valence-corrected chi connectivity index (χ2v) is 8.12. The van der Waals surface area contributed by atoms with E-state index in [0.29, 0.717) is 0 Å². The molecule has 0 aliphatic heterocycles. The normalized spacial score (nSPS) is 11.2. The molecule has 2 aromatic rings. The fraction of sp³-hybridized carbons (Fsp3) is 0.188. The molecule has 5 nitrogen and oxygen atoms in total. The molecule has 134 valence electrons. The largest absolute Gasteiger partial charge is 0.462 e. The van der Waals surface area contributed by atoms with Gasteiger partial charge in [-0.25, -0.2) is 13.2 Å². The molecule has 0 saturated carbocycles. The Hall–Kier alpha value is -1.47. The number of rotatable bonds is 5. The fourth-order valence-electron chi connectivity index (χ4n) is 2.04. The van der Waals surface area contributed by atoms with Crippen molar-refractivity contribution in [2.45, 2.75) is 11.8 Å². The molecule has 2 aromatic carbocycles. The van der Waals surface area contributed by atoms with Crippen LogP contribution in [0.3, 0.4) is 0 Å². The maximum atomic E-state index is 12.8. The Bertz CT molecular complexity index is 916. The maximum absolute atomic E-state index is 12.8. The van der Waals surface area contributed by atoms with E-state index in [2.05, 4.69) is 0 Å². The summed E-state index contributed by atoms with van der Waals surface area (Å²) < 4.78 is 31.6. The van der Waals surface area contributed by atoms with Gasteiger partial charge >= 0.3 is 5.97 Å². The van der Waals surface area contributed by atoms with Crippen molar-refractivity contribution in [3.8, 4) is 0 Å². The van der Waals surface area contributed by atoms with Crippen molar-refractivity contribution in [3.63, 3.8) is 0 Å². The summed E-state index contributed by atoms with van der Waals surface area (Å²) >= 11 is 17.9. The van der Waals surface area contributed by atoms with Gasteiger partial charge in [-0.2, -0.15) is 0 Å². The second kappa shape index (κ2) is 7.83. The van der Waals surface area contributed by atoms with E-state index in [9.17, 15) is 13.2 Å². The molecule has 0 atom stereocenters. The molecule has 9 heteroatoms. The predicted molar refractivity (Wildman–Crippen MR) is 99.5 cm³/mol. The van der Waals surface area contributed by atoms with Gasteiger partial charge < -0.3 is 4.74 Å². The van der Waals surface area contributed by atoms with Gasteiger partial charge in [0.1, 0.15) is 4.90 Å². The first kappa shape index (κ1) is 19.8. The Morgan fingerprint density at radius 3 is 2.36 bits per heavy atom. The van der Waals surface area contributed by atoms with Crippen molar-refractivity contribution < 1.29 is 17.9 Å². The van der Waals surface area contributed by atoms with E-state index in [4.69, 9.17) is 39.5 Å². The van der Waals surface area contributed by atoms with Crippen molar-refractivity contribution >= 4 is 56.5 Å². The number of hydrogen-bond acceptors (Lipinski definition) is 4. The summed E-state index contributed by atoms with van der Waals surface area (Å²) in [5.74, 6) is -0.638. The zero-order valence-corrected chi connectivity index (χ0v) is 16.4. The molecule has 0 aliphatic rings. The number of halogens is 3. The molecule has 0 bridgehead atoms. The van der Waals surface area contributed by atoms with Gasteiger partial charge in [0.15, 0.2) is 0 Å². The van der Waals surface area contributed by atoms with Gasteiger partial charge in [-0.3, -0.25) is 4.31 Å². The van der Waals surface area contributed by atoms with Crippen LogP contribution in [-0.2, 0) is 14.8 Å². The zero-order chi connectivity index (χ0) is 18.8. The van der Waals surface area contributed by atoms with E-state index in [0.717, 1.165) is 4.31 Å². The van der Waals surface area contributed by atoms with Crippen LogP contribution in [0.2, 0.25) is 15.1 Å². The molecule has 0 amide bonds. The number of esters is 1. The van der Waals surface area contributed by atoms with Crippen LogP contribution in [-0.4, -0.2) is 28.0 Å². The quantitative estimate of drug-likeness (QED) is 0.658. The minimum atomic E-state index is -3.99. The van der Waals surface area contributed by atoms with Gasteiger partial charge in [-0.1, -0.05) is 34.8 Å². The van der Waals surface area contributed by atoms with Crippen LogP contribution >= 0.6 is 34.8 Å². The number of ether oxygens (including phenoxy) is 1. The van der Waals surface area contributed by atoms with Crippen LogP contribution in [0, 0.1) is 0 Å². The van der Waals surface area contributed by atoms with E-state index < -0.39 is 16.0 Å². The Labute approximate surface area is 161 Å². The predicted octanol–water partition coefficient (Wildman–Crippen LogP) is 4.65. The molecule has 2 rings (SSSR count). The molecule has 0 fully saturated rings. The van der Waals surface area contributed by atoms with Crippen molar-refractivity contribution in [2.75, 3.05) is 18.0 Å². The lowest BCUT2D eigenvalue weighted by molar-refractivity contribution is 0.0526. The smallest absolute Gasteiger partial charge is 0.339 e. The van der Waals surface area contributed by atoms with Crippen LogP contribution < -0.4 is 4.31 Å². The third kappa shape index (κ3) is 4.20. The third-order valence-corrected chi connectivity index (χ3v) is 6.17. The lowest BCUT2D eigenvalue weighted by Gasteiger charge is -2.21. The summed E-state index contributed by atoms with van der Waals surface area (Å²) in [6.07, 6.45) is 0. The molecular weight excluding hydrogens is 409 g/mol. The molecule has 0 N–H and O–H groups in total. The number of nitrogens with zero attached hydrogens (tertiary/aromatic N) is 1. The van der Waals surface area contributed by atoms with Crippen LogP contribution in [0.1, 0.15) is 17.3 Å². The highest BCUT2D eigenvalue weighted by atomic mass is 35.5. The lowest BCUT2D eigenvalue weighted by atomic mass is 10.2. The summed E-state index contributed by atoms with van der Waals surface area (Å²) in [6, 6.07) is 8.39. The van der Waals surface area contributed by atoms with E-state index in [1.54, 1.807) is 6.92 Å². The standard InChI is InChI=1S/C16H14Cl3NO4S/c1-3-24-16(21)12-9-11(5-7-13(12)18)20(2)25(22,23)15-8-10(17)4-6-14(15)19/h4-9H,3H2,1-2H3. The fourth-order valence-corrected chi connectivity index (χ4v) is 4.15. The number of benzene rings is 2. The first-order valence-corrected chi connectivity index (χ1v) is 9.66. The highest BCUT2D eigenvalue weighted by molar-refractivity contribution is 7.93.